The van der Waals surface area contributed by atoms with Crippen LogP contribution < -0.4 is 5.73 Å². The number of hydrogen-bond acceptors (Lipinski definition) is 2. The van der Waals surface area contributed by atoms with Crippen molar-refractivity contribution in [3.8, 4) is 0 Å². The van der Waals surface area contributed by atoms with Gasteiger partial charge >= 0.3 is 0 Å². The number of aryl methyl sites for hydroxylation is 1. The maximum Gasteiger partial charge on any atom is 0.0476 e. The van der Waals surface area contributed by atoms with E-state index in [-0.39, 0.29) is 11.6 Å². The van der Waals surface area contributed by atoms with Crippen LogP contribution in [-0.4, -0.2) is 23.5 Å². The second-order valence-electron chi connectivity index (χ2n) is 6.63. The van der Waals surface area contributed by atoms with Gasteiger partial charge in [-0.1, -0.05) is 44.0 Å². The molecular weight excluding hydrogens is 244 g/mol. The van der Waals surface area contributed by atoms with Crippen LogP contribution in [-0.2, 0) is 6.42 Å². The van der Waals surface area contributed by atoms with Crippen LogP contribution in [0, 0.1) is 0 Å². The van der Waals surface area contributed by atoms with E-state index in [0.717, 1.165) is 6.42 Å². The number of nitrogens with zero attached hydrogens (tertiary/aromatic N) is 1. The van der Waals surface area contributed by atoms with Gasteiger partial charge in [-0.3, -0.25) is 4.90 Å². The van der Waals surface area contributed by atoms with Crippen LogP contribution >= 0.6 is 0 Å². The molecule has 2 nitrogen and oxygen atoms in total. The molecular formula is C18H30N2. The first-order valence-corrected chi connectivity index (χ1v) is 8.15. The van der Waals surface area contributed by atoms with Gasteiger partial charge in [0, 0.05) is 11.6 Å². The average Bonchev–Trinajstić information content (AvgIpc) is 2.76. The van der Waals surface area contributed by atoms with Crippen molar-refractivity contribution in [3.05, 3.63) is 35.4 Å². The zero-order valence-corrected chi connectivity index (χ0v) is 13.4. The Balaban J connectivity index is 2.13. The van der Waals surface area contributed by atoms with Crippen molar-refractivity contribution in [2.75, 3.05) is 13.1 Å². The molecule has 0 aromatic heterocycles. The molecule has 0 spiro atoms. The van der Waals surface area contributed by atoms with Crippen molar-refractivity contribution in [1.29, 1.82) is 0 Å². The lowest BCUT2D eigenvalue weighted by Gasteiger charge is -2.42. The minimum Gasteiger partial charge on any atom is -0.322 e. The van der Waals surface area contributed by atoms with Crippen molar-refractivity contribution in [1.82, 2.24) is 4.90 Å². The van der Waals surface area contributed by atoms with E-state index in [2.05, 4.69) is 49.9 Å². The Morgan fingerprint density at radius 2 is 1.60 bits per heavy atom. The van der Waals surface area contributed by atoms with Crippen LogP contribution in [0.3, 0.4) is 0 Å². The van der Waals surface area contributed by atoms with E-state index in [0.29, 0.717) is 0 Å². The van der Waals surface area contributed by atoms with Gasteiger partial charge in [0.15, 0.2) is 0 Å². The Bertz CT molecular complexity index is 400. The smallest absolute Gasteiger partial charge is 0.0476 e. The van der Waals surface area contributed by atoms with E-state index < -0.39 is 0 Å². The predicted molar refractivity (Wildman–Crippen MR) is 86.9 cm³/mol. The maximum absolute atomic E-state index is 6.60. The summed E-state index contributed by atoms with van der Waals surface area (Å²) in [6.45, 7) is 9.17. The number of hydrogen-bond donors (Lipinski definition) is 1. The molecule has 1 aromatic rings. The Labute approximate surface area is 124 Å². The van der Waals surface area contributed by atoms with E-state index in [9.17, 15) is 0 Å². The number of likely N-dealkylation sites (tertiary alicyclic amines) is 1. The van der Waals surface area contributed by atoms with Crippen molar-refractivity contribution in [2.45, 2.75) is 64.5 Å². The molecule has 2 N–H and O–H groups in total. The van der Waals surface area contributed by atoms with Crippen LogP contribution in [0.2, 0.25) is 0 Å². The Hall–Kier alpha value is -0.860. The van der Waals surface area contributed by atoms with Crippen molar-refractivity contribution in [3.63, 3.8) is 0 Å². The first kappa shape index (κ1) is 15.5. The van der Waals surface area contributed by atoms with Crippen LogP contribution in [0.1, 0.15) is 63.6 Å². The fourth-order valence-electron chi connectivity index (χ4n) is 3.21. The zero-order chi connectivity index (χ0) is 14.6. The van der Waals surface area contributed by atoms with Gasteiger partial charge in [0.2, 0.25) is 0 Å². The summed E-state index contributed by atoms with van der Waals surface area (Å²) in [6, 6.07) is 8.93. The standard InChI is InChI=1S/C18H30N2/c1-4-15-9-11-16(12-10-15)17(19)18(2,3)20-13-7-5-6-8-14-20/h9-12,17H,4-8,13-14,19H2,1-3H3. The quantitative estimate of drug-likeness (QED) is 0.902. The number of benzene rings is 1. The highest BCUT2D eigenvalue weighted by Crippen LogP contribution is 2.31. The largest absolute Gasteiger partial charge is 0.322 e. The fraction of sp³-hybridized carbons (Fsp3) is 0.667. The van der Waals surface area contributed by atoms with E-state index in [1.165, 1.54) is 49.9 Å². The molecule has 2 rings (SSSR count). The third-order valence-corrected chi connectivity index (χ3v) is 4.93. The number of rotatable bonds is 4. The van der Waals surface area contributed by atoms with Crippen LogP contribution in [0.25, 0.3) is 0 Å². The molecule has 0 amide bonds. The van der Waals surface area contributed by atoms with Crippen molar-refractivity contribution < 1.29 is 0 Å². The highest BCUT2D eigenvalue weighted by atomic mass is 15.2. The lowest BCUT2D eigenvalue weighted by molar-refractivity contribution is 0.0980. The monoisotopic (exact) mass is 274 g/mol. The lowest BCUT2D eigenvalue weighted by atomic mass is 9.87. The van der Waals surface area contributed by atoms with E-state index in [1.54, 1.807) is 0 Å². The molecule has 0 bridgehead atoms. The van der Waals surface area contributed by atoms with Gasteiger partial charge in [-0.05, 0) is 57.3 Å². The van der Waals surface area contributed by atoms with Crippen LogP contribution in [0.15, 0.2) is 24.3 Å². The molecule has 1 unspecified atom stereocenters. The van der Waals surface area contributed by atoms with Gasteiger partial charge in [-0.15, -0.1) is 0 Å². The number of nitrogens with two attached hydrogens (primary N) is 1. The van der Waals surface area contributed by atoms with E-state index in [4.69, 9.17) is 5.73 Å². The molecule has 2 heteroatoms. The van der Waals surface area contributed by atoms with Gasteiger partial charge in [0.1, 0.15) is 0 Å². The molecule has 1 aromatic carbocycles. The highest BCUT2D eigenvalue weighted by molar-refractivity contribution is 5.27. The van der Waals surface area contributed by atoms with Gasteiger partial charge in [-0.25, -0.2) is 0 Å². The summed E-state index contributed by atoms with van der Waals surface area (Å²) in [4.78, 5) is 2.60. The topological polar surface area (TPSA) is 29.3 Å². The Morgan fingerprint density at radius 3 is 2.10 bits per heavy atom. The van der Waals surface area contributed by atoms with Crippen LogP contribution in [0.5, 0.6) is 0 Å². The fourth-order valence-corrected chi connectivity index (χ4v) is 3.21. The molecule has 0 aliphatic carbocycles. The molecule has 20 heavy (non-hydrogen) atoms. The third-order valence-electron chi connectivity index (χ3n) is 4.93. The first-order valence-electron chi connectivity index (χ1n) is 8.15. The molecule has 0 saturated carbocycles. The van der Waals surface area contributed by atoms with Gasteiger partial charge < -0.3 is 5.73 Å². The normalized spacial score (nSPS) is 19.6. The average molecular weight is 274 g/mol. The minimum absolute atomic E-state index is 0.0259. The van der Waals surface area contributed by atoms with Crippen LogP contribution in [0.4, 0.5) is 0 Å². The summed E-state index contributed by atoms with van der Waals surface area (Å²) in [5.74, 6) is 0. The summed E-state index contributed by atoms with van der Waals surface area (Å²) in [7, 11) is 0. The second kappa shape index (κ2) is 6.73. The van der Waals surface area contributed by atoms with Crippen molar-refractivity contribution in [2.24, 2.45) is 5.73 Å². The van der Waals surface area contributed by atoms with Gasteiger partial charge in [-0.2, -0.15) is 0 Å². The highest BCUT2D eigenvalue weighted by Gasteiger charge is 2.34. The van der Waals surface area contributed by atoms with E-state index in [1.807, 2.05) is 0 Å². The van der Waals surface area contributed by atoms with Crippen molar-refractivity contribution >= 4 is 0 Å². The Kier molecular flexibility index (Phi) is 5.22. The summed E-state index contributed by atoms with van der Waals surface area (Å²) in [6.07, 6.45) is 6.45. The molecule has 0 radical (unpaired) electrons. The predicted octanol–water partition coefficient (Wildman–Crippen LogP) is 3.90. The molecule has 112 valence electrons. The van der Waals surface area contributed by atoms with E-state index >= 15 is 0 Å². The second-order valence-corrected chi connectivity index (χ2v) is 6.63. The zero-order valence-electron chi connectivity index (χ0n) is 13.4. The maximum atomic E-state index is 6.60. The van der Waals surface area contributed by atoms with Gasteiger partial charge in [0.05, 0.1) is 0 Å². The minimum atomic E-state index is 0.0259. The first-order chi connectivity index (χ1) is 9.55. The SMILES string of the molecule is CCc1ccc(C(N)C(C)(C)N2CCCCCC2)cc1. The molecule has 1 atom stereocenters. The molecule has 1 heterocycles. The summed E-state index contributed by atoms with van der Waals surface area (Å²) >= 11 is 0. The molecule has 1 saturated heterocycles. The Morgan fingerprint density at radius 1 is 1.05 bits per heavy atom. The molecule has 1 aliphatic rings. The summed E-state index contributed by atoms with van der Waals surface area (Å²) < 4.78 is 0. The summed E-state index contributed by atoms with van der Waals surface area (Å²) in [5.41, 5.74) is 9.27. The molecule has 1 fully saturated rings. The summed E-state index contributed by atoms with van der Waals surface area (Å²) in [5, 5.41) is 0. The molecule has 1 aliphatic heterocycles. The third kappa shape index (κ3) is 3.42. The van der Waals surface area contributed by atoms with Gasteiger partial charge in [0.25, 0.3) is 0 Å². The lowest BCUT2D eigenvalue weighted by Crippen LogP contribution is -2.51.